The number of halogens is 1. The fourth-order valence-corrected chi connectivity index (χ4v) is 2.13. The van der Waals surface area contributed by atoms with E-state index in [0.717, 1.165) is 5.75 Å². The summed E-state index contributed by atoms with van der Waals surface area (Å²) in [5.41, 5.74) is 0. The first kappa shape index (κ1) is 15.3. The molecule has 1 aromatic rings. The molecule has 18 heavy (non-hydrogen) atoms. The molecular weight excluding hydrogens is 274 g/mol. The number of likely N-dealkylation sites (N-methyl/N-ethyl adjacent to an activating group) is 1. The van der Waals surface area contributed by atoms with Crippen LogP contribution in [0.2, 0.25) is 5.02 Å². The van der Waals surface area contributed by atoms with E-state index in [1.54, 1.807) is 12.1 Å². The van der Waals surface area contributed by atoms with Gasteiger partial charge in [-0.1, -0.05) is 17.7 Å². The molecule has 1 rings (SSSR count). The maximum absolute atomic E-state index is 11.0. The largest absolute Gasteiger partial charge is 0.492 e. The van der Waals surface area contributed by atoms with Gasteiger partial charge in [-0.05, 0) is 25.2 Å². The van der Waals surface area contributed by atoms with Crippen LogP contribution in [0.25, 0.3) is 0 Å². The van der Waals surface area contributed by atoms with Crippen LogP contribution in [0.4, 0.5) is 0 Å². The Bertz CT molecular complexity index is 476. The molecule has 0 bridgehead atoms. The van der Waals surface area contributed by atoms with Gasteiger partial charge in [-0.2, -0.15) is 0 Å². The molecule has 0 aliphatic rings. The summed E-state index contributed by atoms with van der Waals surface area (Å²) in [5, 5.41) is 0.637. The van der Waals surface area contributed by atoms with Gasteiger partial charge in [0.2, 0.25) is 0 Å². The number of nitrogens with zero attached hydrogens (tertiary/aromatic N) is 1. The zero-order chi connectivity index (χ0) is 13.6. The highest BCUT2D eigenvalue weighted by atomic mass is 35.5. The zero-order valence-electron chi connectivity index (χ0n) is 10.6. The molecule has 0 unspecified atom stereocenters. The van der Waals surface area contributed by atoms with Gasteiger partial charge < -0.3 is 9.64 Å². The van der Waals surface area contributed by atoms with Crippen LogP contribution in [0.15, 0.2) is 24.3 Å². The lowest BCUT2D eigenvalue weighted by atomic mass is 10.3. The van der Waals surface area contributed by atoms with Crippen molar-refractivity contribution in [2.45, 2.75) is 0 Å². The molecule has 0 saturated carbocycles. The molecule has 0 fully saturated rings. The van der Waals surface area contributed by atoms with Crippen LogP contribution in [-0.2, 0) is 9.84 Å². The smallest absolute Gasteiger partial charge is 0.148 e. The Hall–Kier alpha value is -0.780. The molecular formula is C12H18ClNO3S. The second kappa shape index (κ2) is 6.97. The molecule has 0 aliphatic heterocycles. The molecule has 0 atom stereocenters. The standard InChI is InChI=1S/C12H18ClNO3S/c1-14(7-9-18(2,15)16)6-8-17-12-5-3-4-11(13)10-12/h3-5,10H,6-9H2,1-2H3. The molecule has 102 valence electrons. The minimum Gasteiger partial charge on any atom is -0.492 e. The molecule has 4 nitrogen and oxygen atoms in total. The summed E-state index contributed by atoms with van der Waals surface area (Å²) in [6, 6.07) is 7.19. The van der Waals surface area contributed by atoms with Crippen molar-refractivity contribution < 1.29 is 13.2 Å². The first-order valence-corrected chi connectivity index (χ1v) is 8.05. The molecule has 0 saturated heterocycles. The first-order valence-electron chi connectivity index (χ1n) is 5.61. The Kier molecular flexibility index (Phi) is 5.91. The highest BCUT2D eigenvalue weighted by molar-refractivity contribution is 7.90. The lowest BCUT2D eigenvalue weighted by Gasteiger charge is -2.16. The Morgan fingerprint density at radius 2 is 2.06 bits per heavy atom. The Labute approximate surface area is 113 Å². The molecule has 0 spiro atoms. The third-order valence-electron chi connectivity index (χ3n) is 2.38. The van der Waals surface area contributed by atoms with Gasteiger partial charge >= 0.3 is 0 Å². The number of hydrogen-bond acceptors (Lipinski definition) is 4. The van der Waals surface area contributed by atoms with E-state index in [1.165, 1.54) is 6.26 Å². The summed E-state index contributed by atoms with van der Waals surface area (Å²) in [7, 11) is -1.03. The Balaban J connectivity index is 2.25. The van der Waals surface area contributed by atoms with Gasteiger partial charge in [0.25, 0.3) is 0 Å². The maximum Gasteiger partial charge on any atom is 0.148 e. The average molecular weight is 292 g/mol. The molecule has 0 aromatic heterocycles. The van der Waals surface area contributed by atoms with Crippen molar-refractivity contribution in [2.24, 2.45) is 0 Å². The summed E-state index contributed by atoms with van der Waals surface area (Å²) < 4.78 is 27.5. The second-order valence-corrected chi connectivity index (χ2v) is 6.94. The molecule has 0 amide bonds. The van der Waals surface area contributed by atoms with E-state index < -0.39 is 9.84 Å². The molecule has 1 aromatic carbocycles. The van der Waals surface area contributed by atoms with Crippen molar-refractivity contribution in [1.82, 2.24) is 4.90 Å². The number of benzene rings is 1. The van der Waals surface area contributed by atoms with E-state index >= 15 is 0 Å². The van der Waals surface area contributed by atoms with E-state index in [2.05, 4.69) is 0 Å². The predicted octanol–water partition coefficient (Wildman–Crippen LogP) is 1.70. The van der Waals surface area contributed by atoms with Crippen LogP contribution in [0.3, 0.4) is 0 Å². The van der Waals surface area contributed by atoms with Crippen LogP contribution < -0.4 is 4.74 Å². The summed E-state index contributed by atoms with van der Waals surface area (Å²) in [6.07, 6.45) is 1.24. The van der Waals surface area contributed by atoms with Gasteiger partial charge in [0.05, 0.1) is 5.75 Å². The first-order chi connectivity index (χ1) is 8.37. The van der Waals surface area contributed by atoms with E-state index in [1.807, 2.05) is 24.1 Å². The topological polar surface area (TPSA) is 46.6 Å². The van der Waals surface area contributed by atoms with Crippen LogP contribution in [0, 0.1) is 0 Å². The lowest BCUT2D eigenvalue weighted by molar-refractivity contribution is 0.244. The van der Waals surface area contributed by atoms with Crippen molar-refractivity contribution in [1.29, 1.82) is 0 Å². The second-order valence-electron chi connectivity index (χ2n) is 4.24. The maximum atomic E-state index is 11.0. The van der Waals surface area contributed by atoms with Gasteiger partial charge in [-0.25, -0.2) is 8.42 Å². The van der Waals surface area contributed by atoms with Crippen LogP contribution in [-0.4, -0.2) is 52.1 Å². The van der Waals surface area contributed by atoms with Gasteiger partial charge in [0, 0.05) is 24.4 Å². The van der Waals surface area contributed by atoms with Gasteiger partial charge in [-0.15, -0.1) is 0 Å². The number of sulfone groups is 1. The van der Waals surface area contributed by atoms with Crippen molar-refractivity contribution in [3.63, 3.8) is 0 Å². The van der Waals surface area contributed by atoms with Crippen molar-refractivity contribution in [2.75, 3.05) is 38.8 Å². The number of hydrogen-bond donors (Lipinski definition) is 0. The summed E-state index contributed by atoms with van der Waals surface area (Å²) >= 11 is 5.83. The predicted molar refractivity (Wildman–Crippen MR) is 74.2 cm³/mol. The quantitative estimate of drug-likeness (QED) is 0.767. The molecule has 0 heterocycles. The minimum absolute atomic E-state index is 0.167. The van der Waals surface area contributed by atoms with Gasteiger partial charge in [-0.3, -0.25) is 0 Å². The van der Waals surface area contributed by atoms with Crippen molar-refractivity contribution >= 4 is 21.4 Å². The van der Waals surface area contributed by atoms with Gasteiger partial charge in [0.1, 0.15) is 22.2 Å². The van der Waals surface area contributed by atoms with Crippen LogP contribution >= 0.6 is 11.6 Å². The van der Waals surface area contributed by atoms with E-state index in [-0.39, 0.29) is 5.75 Å². The third kappa shape index (κ3) is 6.83. The minimum atomic E-state index is -2.90. The van der Waals surface area contributed by atoms with Crippen molar-refractivity contribution in [3.05, 3.63) is 29.3 Å². The molecule has 6 heteroatoms. The fourth-order valence-electron chi connectivity index (χ4n) is 1.31. The highest BCUT2D eigenvalue weighted by Crippen LogP contribution is 2.16. The zero-order valence-corrected chi connectivity index (χ0v) is 12.2. The van der Waals surface area contributed by atoms with E-state index in [4.69, 9.17) is 16.3 Å². The van der Waals surface area contributed by atoms with Gasteiger partial charge in [0.15, 0.2) is 0 Å². The van der Waals surface area contributed by atoms with Crippen LogP contribution in [0.1, 0.15) is 0 Å². The van der Waals surface area contributed by atoms with Crippen LogP contribution in [0.5, 0.6) is 5.75 Å². The Morgan fingerprint density at radius 1 is 1.33 bits per heavy atom. The monoisotopic (exact) mass is 291 g/mol. The average Bonchev–Trinajstić information content (AvgIpc) is 2.25. The highest BCUT2D eigenvalue weighted by Gasteiger charge is 2.05. The third-order valence-corrected chi connectivity index (χ3v) is 3.54. The molecule has 0 aliphatic carbocycles. The fraction of sp³-hybridized carbons (Fsp3) is 0.500. The molecule has 0 N–H and O–H groups in total. The van der Waals surface area contributed by atoms with E-state index in [9.17, 15) is 8.42 Å². The number of ether oxygens (including phenoxy) is 1. The van der Waals surface area contributed by atoms with E-state index in [0.29, 0.717) is 24.7 Å². The number of rotatable bonds is 7. The SMILES string of the molecule is CN(CCOc1cccc(Cl)c1)CCS(C)(=O)=O. The summed E-state index contributed by atoms with van der Waals surface area (Å²) in [4.78, 5) is 1.92. The normalized spacial score (nSPS) is 11.8. The lowest BCUT2D eigenvalue weighted by Crippen LogP contribution is -2.29. The van der Waals surface area contributed by atoms with Crippen molar-refractivity contribution in [3.8, 4) is 5.75 Å². The summed E-state index contributed by atoms with van der Waals surface area (Å²) in [6.45, 7) is 1.68. The summed E-state index contributed by atoms with van der Waals surface area (Å²) in [5.74, 6) is 0.889. The molecule has 0 radical (unpaired) electrons. The Morgan fingerprint density at radius 3 is 2.67 bits per heavy atom.